The van der Waals surface area contributed by atoms with Gasteiger partial charge in [-0.15, -0.1) is 0 Å². The standard InChI is InChI=1S/C15H22N2O2/c1-16-8-7-12(10-16)11-17(2)15(19)9-13-5-3-4-6-14(13)18/h3-6,12,18H,7-11H2,1-2H3. The van der Waals surface area contributed by atoms with Gasteiger partial charge in [0.2, 0.25) is 5.91 Å². The van der Waals surface area contributed by atoms with Gasteiger partial charge in [-0.2, -0.15) is 0 Å². The largest absolute Gasteiger partial charge is 0.508 e. The van der Waals surface area contributed by atoms with E-state index in [1.165, 1.54) is 0 Å². The zero-order valence-corrected chi connectivity index (χ0v) is 11.7. The minimum absolute atomic E-state index is 0.0658. The number of hydrogen-bond donors (Lipinski definition) is 1. The fourth-order valence-corrected chi connectivity index (χ4v) is 2.62. The van der Waals surface area contributed by atoms with Gasteiger partial charge < -0.3 is 14.9 Å². The molecule has 4 heteroatoms. The van der Waals surface area contributed by atoms with Gasteiger partial charge in [0.1, 0.15) is 5.75 Å². The van der Waals surface area contributed by atoms with Crippen LogP contribution in [0, 0.1) is 5.92 Å². The van der Waals surface area contributed by atoms with E-state index in [0.29, 0.717) is 11.5 Å². The van der Waals surface area contributed by atoms with Crippen LogP contribution in [0.3, 0.4) is 0 Å². The molecule has 1 saturated heterocycles. The molecule has 0 aliphatic carbocycles. The van der Waals surface area contributed by atoms with Crippen molar-refractivity contribution in [2.45, 2.75) is 12.8 Å². The Balaban J connectivity index is 1.87. The Hall–Kier alpha value is -1.55. The highest BCUT2D eigenvalue weighted by molar-refractivity contribution is 5.79. The number of phenols is 1. The topological polar surface area (TPSA) is 43.8 Å². The molecular formula is C15H22N2O2. The second-order valence-corrected chi connectivity index (χ2v) is 5.50. The summed E-state index contributed by atoms with van der Waals surface area (Å²) in [6.07, 6.45) is 1.43. The van der Waals surface area contributed by atoms with Gasteiger partial charge in [-0.1, -0.05) is 18.2 Å². The first kappa shape index (κ1) is 13.9. The molecule has 0 aromatic heterocycles. The molecule has 0 spiro atoms. The Bertz CT molecular complexity index is 448. The highest BCUT2D eigenvalue weighted by Crippen LogP contribution is 2.18. The lowest BCUT2D eigenvalue weighted by Gasteiger charge is -2.21. The lowest BCUT2D eigenvalue weighted by Crippen LogP contribution is -2.33. The molecule has 1 aliphatic rings. The van der Waals surface area contributed by atoms with E-state index in [4.69, 9.17) is 0 Å². The van der Waals surface area contributed by atoms with Crippen LogP contribution in [0.15, 0.2) is 24.3 Å². The number of para-hydroxylation sites is 1. The average molecular weight is 262 g/mol. The summed E-state index contributed by atoms with van der Waals surface area (Å²) < 4.78 is 0. The average Bonchev–Trinajstić information content (AvgIpc) is 2.77. The predicted octanol–water partition coefficient (Wildman–Crippen LogP) is 1.34. The van der Waals surface area contributed by atoms with Crippen LogP contribution >= 0.6 is 0 Å². The molecule has 19 heavy (non-hydrogen) atoms. The third kappa shape index (κ3) is 3.70. The van der Waals surface area contributed by atoms with Crippen LogP contribution in [0.4, 0.5) is 0 Å². The van der Waals surface area contributed by atoms with E-state index in [2.05, 4.69) is 11.9 Å². The fourth-order valence-electron chi connectivity index (χ4n) is 2.62. The molecule has 4 nitrogen and oxygen atoms in total. The number of phenolic OH excluding ortho intramolecular Hbond substituents is 1. The molecule has 0 saturated carbocycles. The third-order valence-corrected chi connectivity index (χ3v) is 3.78. The van der Waals surface area contributed by atoms with Gasteiger partial charge in [-0.3, -0.25) is 4.79 Å². The SMILES string of the molecule is CN1CCC(CN(C)C(=O)Cc2ccccc2O)C1. The molecule has 1 N–H and O–H groups in total. The van der Waals surface area contributed by atoms with Gasteiger partial charge in [-0.25, -0.2) is 0 Å². The van der Waals surface area contributed by atoms with Gasteiger partial charge >= 0.3 is 0 Å². The van der Waals surface area contributed by atoms with Crippen LogP contribution in [0.2, 0.25) is 0 Å². The van der Waals surface area contributed by atoms with Crippen molar-refractivity contribution < 1.29 is 9.90 Å². The number of nitrogens with zero attached hydrogens (tertiary/aromatic N) is 2. The first-order valence-corrected chi connectivity index (χ1v) is 6.75. The van der Waals surface area contributed by atoms with Crippen molar-refractivity contribution in [1.29, 1.82) is 0 Å². The summed E-state index contributed by atoms with van der Waals surface area (Å²) in [6.45, 7) is 2.98. The van der Waals surface area contributed by atoms with Crippen LogP contribution in [-0.2, 0) is 11.2 Å². The lowest BCUT2D eigenvalue weighted by atomic mass is 10.1. The van der Waals surface area contributed by atoms with Crippen molar-refractivity contribution in [2.75, 3.05) is 33.7 Å². The Kier molecular flexibility index (Phi) is 4.43. The van der Waals surface area contributed by atoms with Crippen LogP contribution in [0.5, 0.6) is 5.75 Å². The van der Waals surface area contributed by atoms with Gasteiger partial charge in [0.25, 0.3) is 0 Å². The Morgan fingerprint density at radius 3 is 2.84 bits per heavy atom. The van der Waals surface area contributed by atoms with E-state index in [1.54, 1.807) is 23.1 Å². The maximum Gasteiger partial charge on any atom is 0.226 e. The number of amides is 1. The smallest absolute Gasteiger partial charge is 0.226 e. The Morgan fingerprint density at radius 1 is 1.47 bits per heavy atom. The summed E-state index contributed by atoms with van der Waals surface area (Å²) in [5, 5.41) is 9.68. The molecule has 1 aromatic carbocycles. The molecule has 1 aromatic rings. The molecule has 1 aliphatic heterocycles. The summed E-state index contributed by atoms with van der Waals surface area (Å²) in [5.74, 6) is 0.837. The zero-order chi connectivity index (χ0) is 13.8. The molecule has 0 radical (unpaired) electrons. The zero-order valence-electron chi connectivity index (χ0n) is 11.7. The number of rotatable bonds is 4. The molecular weight excluding hydrogens is 240 g/mol. The summed E-state index contributed by atoms with van der Waals surface area (Å²) in [7, 11) is 3.96. The van der Waals surface area contributed by atoms with Gasteiger partial charge in [0.15, 0.2) is 0 Å². The number of hydrogen-bond acceptors (Lipinski definition) is 3. The quantitative estimate of drug-likeness (QED) is 0.890. The number of likely N-dealkylation sites (N-methyl/N-ethyl adjacent to an activating group) is 1. The summed E-state index contributed by atoms with van der Waals surface area (Å²) in [5.41, 5.74) is 0.697. The Morgan fingerprint density at radius 2 is 2.21 bits per heavy atom. The highest BCUT2D eigenvalue weighted by Gasteiger charge is 2.22. The van der Waals surface area contributed by atoms with Gasteiger partial charge in [-0.05, 0) is 32.0 Å². The van der Waals surface area contributed by atoms with Crippen molar-refractivity contribution in [3.05, 3.63) is 29.8 Å². The van der Waals surface area contributed by atoms with E-state index in [1.807, 2.05) is 13.1 Å². The van der Waals surface area contributed by atoms with Crippen molar-refractivity contribution >= 4 is 5.91 Å². The molecule has 0 bridgehead atoms. The number of benzene rings is 1. The van der Waals surface area contributed by atoms with Gasteiger partial charge in [0.05, 0.1) is 6.42 Å². The van der Waals surface area contributed by atoms with E-state index in [-0.39, 0.29) is 18.1 Å². The minimum atomic E-state index is 0.0658. The number of aromatic hydroxyl groups is 1. The molecule has 1 atom stereocenters. The molecule has 1 unspecified atom stereocenters. The van der Waals surface area contributed by atoms with E-state index < -0.39 is 0 Å². The van der Waals surface area contributed by atoms with Crippen molar-refractivity contribution in [2.24, 2.45) is 5.92 Å². The van der Waals surface area contributed by atoms with Crippen LogP contribution in [-0.4, -0.2) is 54.5 Å². The van der Waals surface area contributed by atoms with E-state index >= 15 is 0 Å². The maximum atomic E-state index is 12.1. The Labute approximate surface area is 114 Å². The summed E-state index contributed by atoms with van der Waals surface area (Å²) in [6, 6.07) is 7.02. The first-order valence-electron chi connectivity index (χ1n) is 6.75. The minimum Gasteiger partial charge on any atom is -0.508 e. The predicted molar refractivity (Wildman–Crippen MR) is 75.1 cm³/mol. The highest BCUT2D eigenvalue weighted by atomic mass is 16.3. The van der Waals surface area contributed by atoms with Crippen molar-refractivity contribution in [1.82, 2.24) is 9.80 Å². The van der Waals surface area contributed by atoms with E-state index in [9.17, 15) is 9.90 Å². The molecule has 2 rings (SSSR count). The van der Waals surface area contributed by atoms with Crippen LogP contribution in [0.25, 0.3) is 0 Å². The fraction of sp³-hybridized carbons (Fsp3) is 0.533. The third-order valence-electron chi connectivity index (χ3n) is 3.78. The molecule has 104 valence electrons. The van der Waals surface area contributed by atoms with Gasteiger partial charge in [0, 0.05) is 25.7 Å². The summed E-state index contributed by atoms with van der Waals surface area (Å²) >= 11 is 0. The second-order valence-electron chi connectivity index (χ2n) is 5.50. The second kappa shape index (κ2) is 6.06. The normalized spacial score (nSPS) is 19.6. The van der Waals surface area contributed by atoms with Crippen molar-refractivity contribution in [3.63, 3.8) is 0 Å². The first-order chi connectivity index (χ1) is 9.06. The van der Waals surface area contributed by atoms with E-state index in [0.717, 1.165) is 26.1 Å². The molecule has 1 heterocycles. The lowest BCUT2D eigenvalue weighted by molar-refractivity contribution is -0.129. The number of likely N-dealkylation sites (tertiary alicyclic amines) is 1. The number of carbonyl (C=O) groups excluding carboxylic acids is 1. The monoisotopic (exact) mass is 262 g/mol. The van der Waals surface area contributed by atoms with Crippen LogP contribution in [0.1, 0.15) is 12.0 Å². The van der Waals surface area contributed by atoms with Crippen molar-refractivity contribution in [3.8, 4) is 5.75 Å². The van der Waals surface area contributed by atoms with Crippen LogP contribution < -0.4 is 0 Å². The number of carbonyl (C=O) groups is 1. The summed E-state index contributed by atoms with van der Waals surface area (Å²) in [4.78, 5) is 16.2. The maximum absolute atomic E-state index is 12.1. The molecule has 1 fully saturated rings. The molecule has 1 amide bonds.